The van der Waals surface area contributed by atoms with Gasteiger partial charge in [0.05, 0.1) is 0 Å². The Balaban J connectivity index is 1.64. The number of hydrogen-bond donors (Lipinski definition) is 1. The fourth-order valence-electron chi connectivity index (χ4n) is 2.14. The molecule has 3 nitrogen and oxygen atoms in total. The molecule has 3 heteroatoms. The number of benzene rings is 1. The molecule has 0 bridgehead atoms. The first-order valence-electron chi connectivity index (χ1n) is 7.19. The zero-order chi connectivity index (χ0) is 14.2. The Bertz CT molecular complexity index is 511. The summed E-state index contributed by atoms with van der Waals surface area (Å²) in [5.74, 6) is 0.974. The molecule has 1 heterocycles. The lowest BCUT2D eigenvalue weighted by Crippen LogP contribution is -2.19. The minimum absolute atomic E-state index is 0.971. The largest absolute Gasteiger partial charge is 0.375 e. The van der Waals surface area contributed by atoms with Crippen molar-refractivity contribution in [2.24, 2.45) is 0 Å². The van der Waals surface area contributed by atoms with E-state index in [1.54, 1.807) is 0 Å². The maximum atomic E-state index is 4.43. The number of para-hydroxylation sites is 1. The Labute approximate surface area is 121 Å². The SMILES string of the molecule is Cc1cccc(NCCCCN(C)c2ccccc2)n1. The summed E-state index contributed by atoms with van der Waals surface area (Å²) in [7, 11) is 2.14. The van der Waals surface area contributed by atoms with E-state index in [0.29, 0.717) is 0 Å². The van der Waals surface area contributed by atoms with E-state index in [1.807, 2.05) is 25.1 Å². The molecule has 20 heavy (non-hydrogen) atoms. The van der Waals surface area contributed by atoms with Gasteiger partial charge in [0.25, 0.3) is 0 Å². The number of nitrogens with one attached hydrogen (secondary N) is 1. The maximum Gasteiger partial charge on any atom is 0.126 e. The van der Waals surface area contributed by atoms with Crippen molar-refractivity contribution in [2.45, 2.75) is 19.8 Å². The smallest absolute Gasteiger partial charge is 0.126 e. The van der Waals surface area contributed by atoms with E-state index >= 15 is 0 Å². The van der Waals surface area contributed by atoms with E-state index in [-0.39, 0.29) is 0 Å². The number of unbranched alkanes of at least 4 members (excludes halogenated alkanes) is 1. The molecule has 0 saturated heterocycles. The Hall–Kier alpha value is -2.03. The van der Waals surface area contributed by atoms with Crippen LogP contribution in [0.3, 0.4) is 0 Å². The van der Waals surface area contributed by atoms with Gasteiger partial charge in [-0.3, -0.25) is 0 Å². The van der Waals surface area contributed by atoms with Crippen molar-refractivity contribution < 1.29 is 0 Å². The van der Waals surface area contributed by atoms with Crippen molar-refractivity contribution >= 4 is 11.5 Å². The van der Waals surface area contributed by atoms with Crippen molar-refractivity contribution in [3.05, 3.63) is 54.2 Å². The number of aromatic nitrogens is 1. The first kappa shape index (κ1) is 14.4. The molecule has 1 aromatic carbocycles. The number of pyridine rings is 1. The number of anilines is 2. The van der Waals surface area contributed by atoms with Crippen LogP contribution in [0.25, 0.3) is 0 Å². The van der Waals surface area contributed by atoms with Crippen LogP contribution in [0.1, 0.15) is 18.5 Å². The zero-order valence-electron chi connectivity index (χ0n) is 12.3. The van der Waals surface area contributed by atoms with E-state index in [1.165, 1.54) is 12.1 Å². The highest BCUT2D eigenvalue weighted by Crippen LogP contribution is 2.11. The van der Waals surface area contributed by atoms with Crippen LogP contribution in [0.15, 0.2) is 48.5 Å². The summed E-state index contributed by atoms with van der Waals surface area (Å²) in [4.78, 5) is 6.73. The highest BCUT2D eigenvalue weighted by atomic mass is 15.1. The molecular formula is C17H23N3. The van der Waals surface area contributed by atoms with Crippen LogP contribution in [0, 0.1) is 6.92 Å². The van der Waals surface area contributed by atoms with E-state index in [9.17, 15) is 0 Å². The molecule has 106 valence electrons. The van der Waals surface area contributed by atoms with Crippen molar-refractivity contribution in [3.63, 3.8) is 0 Å². The average Bonchev–Trinajstić information content (AvgIpc) is 2.48. The van der Waals surface area contributed by atoms with Gasteiger partial charge in [-0.25, -0.2) is 4.98 Å². The summed E-state index contributed by atoms with van der Waals surface area (Å²) in [5, 5.41) is 3.37. The summed E-state index contributed by atoms with van der Waals surface area (Å²) in [6.45, 7) is 4.06. The van der Waals surface area contributed by atoms with Crippen LogP contribution in [0.4, 0.5) is 11.5 Å². The lowest BCUT2D eigenvalue weighted by molar-refractivity contribution is 0.741. The topological polar surface area (TPSA) is 28.2 Å². The molecule has 0 fully saturated rings. The van der Waals surface area contributed by atoms with Gasteiger partial charge in [0.2, 0.25) is 0 Å². The Morgan fingerprint density at radius 2 is 1.80 bits per heavy atom. The molecule has 1 aromatic heterocycles. The van der Waals surface area contributed by atoms with E-state index in [0.717, 1.165) is 31.0 Å². The molecule has 0 radical (unpaired) electrons. The second-order valence-corrected chi connectivity index (χ2v) is 5.06. The highest BCUT2D eigenvalue weighted by Gasteiger charge is 1.99. The fourth-order valence-corrected chi connectivity index (χ4v) is 2.14. The molecule has 0 saturated carbocycles. The molecule has 0 atom stereocenters. The van der Waals surface area contributed by atoms with Crippen LogP contribution >= 0.6 is 0 Å². The van der Waals surface area contributed by atoms with Gasteiger partial charge in [-0.1, -0.05) is 24.3 Å². The van der Waals surface area contributed by atoms with Crippen LogP contribution in [0.2, 0.25) is 0 Å². The zero-order valence-corrected chi connectivity index (χ0v) is 12.3. The van der Waals surface area contributed by atoms with Gasteiger partial charge in [-0.15, -0.1) is 0 Å². The van der Waals surface area contributed by atoms with Crippen molar-refractivity contribution in [1.82, 2.24) is 4.98 Å². The summed E-state index contributed by atoms with van der Waals surface area (Å²) in [6.07, 6.45) is 2.32. The third-order valence-corrected chi connectivity index (χ3v) is 3.31. The highest BCUT2D eigenvalue weighted by molar-refractivity contribution is 5.44. The quantitative estimate of drug-likeness (QED) is 0.776. The summed E-state index contributed by atoms with van der Waals surface area (Å²) in [6, 6.07) is 16.6. The lowest BCUT2D eigenvalue weighted by atomic mass is 10.2. The van der Waals surface area contributed by atoms with Crippen molar-refractivity contribution in [1.29, 1.82) is 0 Å². The standard InChI is InChI=1S/C17H23N3/c1-15-9-8-12-17(19-15)18-13-6-7-14-20(2)16-10-4-3-5-11-16/h3-5,8-12H,6-7,13-14H2,1-2H3,(H,18,19). The molecule has 0 aliphatic rings. The van der Waals surface area contributed by atoms with Gasteiger partial charge >= 0.3 is 0 Å². The minimum atomic E-state index is 0.971. The molecule has 0 aliphatic carbocycles. The second-order valence-electron chi connectivity index (χ2n) is 5.06. The van der Waals surface area contributed by atoms with Crippen molar-refractivity contribution in [2.75, 3.05) is 30.4 Å². The Morgan fingerprint density at radius 3 is 2.55 bits per heavy atom. The molecule has 0 unspecified atom stereocenters. The third-order valence-electron chi connectivity index (χ3n) is 3.31. The van der Waals surface area contributed by atoms with Gasteiger partial charge in [-0.2, -0.15) is 0 Å². The van der Waals surface area contributed by atoms with Crippen molar-refractivity contribution in [3.8, 4) is 0 Å². The minimum Gasteiger partial charge on any atom is -0.375 e. The molecule has 2 aromatic rings. The summed E-state index contributed by atoms with van der Waals surface area (Å²) in [5.41, 5.74) is 2.33. The molecular weight excluding hydrogens is 246 g/mol. The normalized spacial score (nSPS) is 10.3. The number of nitrogens with zero attached hydrogens (tertiary/aromatic N) is 2. The first-order valence-corrected chi connectivity index (χ1v) is 7.19. The molecule has 0 aliphatic heterocycles. The van der Waals surface area contributed by atoms with Gasteiger partial charge in [0, 0.05) is 31.5 Å². The third kappa shape index (κ3) is 4.57. The molecule has 0 amide bonds. The predicted octanol–water partition coefficient (Wildman–Crippen LogP) is 3.72. The van der Waals surface area contributed by atoms with Crippen LogP contribution in [-0.4, -0.2) is 25.1 Å². The number of aryl methyl sites for hydroxylation is 1. The van der Waals surface area contributed by atoms with Crippen LogP contribution in [-0.2, 0) is 0 Å². The lowest BCUT2D eigenvalue weighted by Gasteiger charge is -2.19. The van der Waals surface area contributed by atoms with Crippen LogP contribution < -0.4 is 10.2 Å². The van der Waals surface area contributed by atoms with E-state index in [2.05, 4.69) is 52.6 Å². The number of rotatable bonds is 7. The average molecular weight is 269 g/mol. The fraction of sp³-hybridized carbons (Fsp3) is 0.353. The van der Waals surface area contributed by atoms with Gasteiger partial charge in [0.1, 0.15) is 5.82 Å². The van der Waals surface area contributed by atoms with Gasteiger partial charge in [0.15, 0.2) is 0 Å². The van der Waals surface area contributed by atoms with E-state index < -0.39 is 0 Å². The Kier molecular flexibility index (Phi) is 5.42. The second kappa shape index (κ2) is 7.53. The first-order chi connectivity index (χ1) is 9.75. The predicted molar refractivity (Wildman–Crippen MR) is 86.4 cm³/mol. The summed E-state index contributed by atoms with van der Waals surface area (Å²) < 4.78 is 0. The molecule has 1 N–H and O–H groups in total. The van der Waals surface area contributed by atoms with Crippen LogP contribution in [0.5, 0.6) is 0 Å². The Morgan fingerprint density at radius 1 is 1.00 bits per heavy atom. The van der Waals surface area contributed by atoms with E-state index in [4.69, 9.17) is 0 Å². The number of hydrogen-bond acceptors (Lipinski definition) is 3. The summed E-state index contributed by atoms with van der Waals surface area (Å²) >= 11 is 0. The molecule has 0 spiro atoms. The molecule has 2 rings (SSSR count). The van der Waals surface area contributed by atoms with Gasteiger partial charge < -0.3 is 10.2 Å². The van der Waals surface area contributed by atoms with Gasteiger partial charge in [-0.05, 0) is 44.0 Å². The monoisotopic (exact) mass is 269 g/mol. The maximum absolute atomic E-state index is 4.43.